The zero-order valence-electron chi connectivity index (χ0n) is 10.6. The minimum atomic E-state index is -3.78. The van der Waals surface area contributed by atoms with Crippen LogP contribution in [0.5, 0.6) is 0 Å². The summed E-state index contributed by atoms with van der Waals surface area (Å²) < 4.78 is 30.3. The number of sulfone groups is 1. The molecule has 0 spiro atoms. The first-order valence-corrected chi connectivity index (χ1v) is 8.31. The fourth-order valence-electron chi connectivity index (χ4n) is 1.91. The Kier molecular flexibility index (Phi) is 3.69. The van der Waals surface area contributed by atoms with Crippen LogP contribution in [0.3, 0.4) is 0 Å². The number of hydrogen-bond acceptors (Lipinski definition) is 5. The molecule has 0 radical (unpaired) electrons. The van der Waals surface area contributed by atoms with Crippen LogP contribution in [-0.2, 0) is 9.84 Å². The number of rotatable bonds is 3. The molecule has 0 aliphatic carbocycles. The van der Waals surface area contributed by atoms with Crippen molar-refractivity contribution in [2.45, 2.75) is 9.99 Å². The van der Waals surface area contributed by atoms with E-state index < -0.39 is 9.84 Å². The minimum Gasteiger partial charge on any atom is -0.441 e. The van der Waals surface area contributed by atoms with Crippen molar-refractivity contribution in [1.82, 2.24) is 5.32 Å². The molecule has 3 rings (SSSR count). The number of benzene rings is 1. The monoisotopic (exact) mass is 344 g/mol. The maximum Gasteiger partial charge on any atom is 0.239 e. The van der Waals surface area contributed by atoms with E-state index in [0.717, 1.165) is 0 Å². The molecule has 0 amide bonds. The van der Waals surface area contributed by atoms with Crippen molar-refractivity contribution in [3.63, 3.8) is 0 Å². The molecule has 2 aromatic rings. The normalized spacial score (nSPS) is 14.9. The van der Waals surface area contributed by atoms with Crippen LogP contribution in [0.2, 0.25) is 10.0 Å². The molecule has 21 heavy (non-hydrogen) atoms. The summed E-state index contributed by atoms with van der Waals surface area (Å²) in [6.07, 6.45) is 0. The molecule has 1 N–H and O–H groups in total. The summed E-state index contributed by atoms with van der Waals surface area (Å²) in [4.78, 5) is 4.21. The van der Waals surface area contributed by atoms with Gasteiger partial charge in [0, 0.05) is 6.54 Å². The molecule has 0 saturated heterocycles. The van der Waals surface area contributed by atoms with Crippen LogP contribution in [0.1, 0.15) is 5.76 Å². The van der Waals surface area contributed by atoms with Gasteiger partial charge in [-0.15, -0.1) is 0 Å². The van der Waals surface area contributed by atoms with E-state index in [1.807, 2.05) is 0 Å². The predicted octanol–water partition coefficient (Wildman–Crippen LogP) is 2.77. The van der Waals surface area contributed by atoms with E-state index in [1.54, 1.807) is 6.07 Å². The molecule has 0 bridgehead atoms. The Balaban J connectivity index is 2.00. The minimum absolute atomic E-state index is 0.0270. The molecule has 1 aliphatic rings. The summed E-state index contributed by atoms with van der Waals surface area (Å²) in [6, 6.07) is 7.09. The third-order valence-corrected chi connectivity index (χ3v) is 5.32. The summed E-state index contributed by atoms with van der Waals surface area (Å²) in [5.41, 5.74) is 0. The molecule has 8 heteroatoms. The van der Waals surface area contributed by atoms with Crippen LogP contribution in [-0.4, -0.2) is 27.3 Å². The van der Waals surface area contributed by atoms with Gasteiger partial charge in [-0.05, 0) is 30.3 Å². The van der Waals surface area contributed by atoms with Crippen molar-refractivity contribution in [2.75, 3.05) is 13.1 Å². The van der Waals surface area contributed by atoms with Crippen molar-refractivity contribution in [2.24, 2.45) is 4.99 Å². The standard InChI is InChI=1S/C13H10Cl2N2O3S/c14-9-2-1-8(7-10(9)15)21(18,19)12-4-3-11(20-12)13-16-5-6-17-13/h1-4,7H,5-6H2,(H,16,17). The van der Waals surface area contributed by atoms with Crippen molar-refractivity contribution >= 4 is 38.9 Å². The highest BCUT2D eigenvalue weighted by Crippen LogP contribution is 2.29. The molecule has 2 heterocycles. The fourth-order valence-corrected chi connectivity index (χ4v) is 3.48. The lowest BCUT2D eigenvalue weighted by Crippen LogP contribution is -2.18. The fraction of sp³-hybridized carbons (Fsp3) is 0.154. The van der Waals surface area contributed by atoms with Crippen molar-refractivity contribution in [3.05, 3.63) is 46.1 Å². The summed E-state index contributed by atoms with van der Waals surface area (Å²) >= 11 is 11.7. The zero-order chi connectivity index (χ0) is 15.0. The van der Waals surface area contributed by atoms with E-state index in [9.17, 15) is 8.42 Å². The van der Waals surface area contributed by atoms with Crippen LogP contribution in [0.4, 0.5) is 0 Å². The molecule has 5 nitrogen and oxygen atoms in total. The highest BCUT2D eigenvalue weighted by atomic mass is 35.5. The van der Waals surface area contributed by atoms with Gasteiger partial charge in [-0.2, -0.15) is 0 Å². The van der Waals surface area contributed by atoms with Crippen molar-refractivity contribution < 1.29 is 12.8 Å². The van der Waals surface area contributed by atoms with Gasteiger partial charge >= 0.3 is 0 Å². The van der Waals surface area contributed by atoms with Gasteiger partial charge in [0.25, 0.3) is 0 Å². The number of nitrogens with one attached hydrogen (secondary N) is 1. The van der Waals surface area contributed by atoms with E-state index in [0.29, 0.717) is 29.7 Å². The third-order valence-electron chi connectivity index (χ3n) is 2.96. The number of aliphatic imine (C=N–C) groups is 1. The molecule has 1 aromatic carbocycles. The Hall–Kier alpha value is -1.50. The number of furan rings is 1. The maximum atomic E-state index is 12.5. The smallest absolute Gasteiger partial charge is 0.239 e. The molecule has 0 atom stereocenters. The number of nitrogens with zero attached hydrogens (tertiary/aromatic N) is 1. The van der Waals surface area contributed by atoms with Crippen LogP contribution < -0.4 is 5.32 Å². The average molecular weight is 345 g/mol. The van der Waals surface area contributed by atoms with Crippen molar-refractivity contribution in [3.8, 4) is 0 Å². The quantitative estimate of drug-likeness (QED) is 0.929. The first kappa shape index (κ1) is 14.4. The molecule has 0 unspecified atom stereocenters. The number of halogens is 2. The van der Waals surface area contributed by atoms with E-state index in [-0.39, 0.29) is 15.0 Å². The Morgan fingerprint density at radius 3 is 2.62 bits per heavy atom. The number of amidine groups is 1. The Morgan fingerprint density at radius 1 is 1.14 bits per heavy atom. The van der Waals surface area contributed by atoms with Gasteiger partial charge in [-0.1, -0.05) is 23.2 Å². The lowest BCUT2D eigenvalue weighted by Gasteiger charge is -2.03. The Morgan fingerprint density at radius 2 is 1.95 bits per heavy atom. The highest BCUT2D eigenvalue weighted by molar-refractivity contribution is 7.91. The molecule has 1 aliphatic heterocycles. The largest absolute Gasteiger partial charge is 0.441 e. The molecule has 1 aromatic heterocycles. The van der Waals surface area contributed by atoms with E-state index in [2.05, 4.69) is 10.3 Å². The van der Waals surface area contributed by atoms with Crippen molar-refractivity contribution in [1.29, 1.82) is 0 Å². The first-order chi connectivity index (χ1) is 9.98. The maximum absolute atomic E-state index is 12.5. The SMILES string of the molecule is O=S(=O)(c1ccc(Cl)c(Cl)c1)c1ccc(C2=NCCN2)o1. The molecule has 0 fully saturated rings. The zero-order valence-corrected chi connectivity index (χ0v) is 13.0. The molecular formula is C13H10Cl2N2O3S. The first-order valence-electron chi connectivity index (χ1n) is 6.07. The van der Waals surface area contributed by atoms with Gasteiger partial charge in [-0.3, -0.25) is 4.99 Å². The summed E-state index contributed by atoms with van der Waals surface area (Å²) in [5.74, 6) is 0.955. The van der Waals surface area contributed by atoms with Gasteiger partial charge in [-0.25, -0.2) is 8.42 Å². The van der Waals surface area contributed by atoms with E-state index >= 15 is 0 Å². The van der Waals surface area contributed by atoms with E-state index in [1.165, 1.54) is 24.3 Å². The van der Waals surface area contributed by atoms with E-state index in [4.69, 9.17) is 27.6 Å². The average Bonchev–Trinajstić information content (AvgIpc) is 3.11. The van der Waals surface area contributed by atoms with Gasteiger partial charge < -0.3 is 9.73 Å². The van der Waals surface area contributed by atoms with Gasteiger partial charge in [0.1, 0.15) is 0 Å². The third kappa shape index (κ3) is 2.66. The predicted molar refractivity (Wildman–Crippen MR) is 80.0 cm³/mol. The summed E-state index contributed by atoms with van der Waals surface area (Å²) in [5, 5.41) is 3.32. The second kappa shape index (κ2) is 5.36. The molecule has 110 valence electrons. The van der Waals surface area contributed by atoms with Gasteiger partial charge in [0.05, 0.1) is 21.5 Å². The Labute approximate surface area is 131 Å². The highest BCUT2D eigenvalue weighted by Gasteiger charge is 2.24. The lowest BCUT2D eigenvalue weighted by molar-refractivity contribution is 0.443. The topological polar surface area (TPSA) is 71.7 Å². The van der Waals surface area contributed by atoms with Gasteiger partial charge in [0.2, 0.25) is 14.9 Å². The second-order valence-electron chi connectivity index (χ2n) is 4.36. The molecular weight excluding hydrogens is 335 g/mol. The molecule has 0 saturated carbocycles. The summed E-state index contributed by atoms with van der Waals surface area (Å²) in [6.45, 7) is 1.36. The summed E-state index contributed by atoms with van der Waals surface area (Å²) in [7, 11) is -3.78. The van der Waals surface area contributed by atoms with Crippen LogP contribution in [0.25, 0.3) is 0 Å². The lowest BCUT2D eigenvalue weighted by atomic mass is 10.4. The van der Waals surface area contributed by atoms with Crippen LogP contribution in [0.15, 0.2) is 49.7 Å². The van der Waals surface area contributed by atoms with Crippen LogP contribution in [0, 0.1) is 0 Å². The Bertz CT molecular complexity index is 828. The second-order valence-corrected chi connectivity index (χ2v) is 7.05. The van der Waals surface area contributed by atoms with Gasteiger partial charge in [0.15, 0.2) is 11.6 Å². The number of hydrogen-bond donors (Lipinski definition) is 1. The van der Waals surface area contributed by atoms with Crippen LogP contribution >= 0.6 is 23.2 Å².